The van der Waals surface area contributed by atoms with Gasteiger partial charge in [0.15, 0.2) is 0 Å². The minimum absolute atomic E-state index is 1.00. The maximum absolute atomic E-state index is 3.60. The van der Waals surface area contributed by atoms with E-state index in [-0.39, 0.29) is 0 Å². The molecule has 0 aromatic rings. The molecular weight excluding hydrogens is 212 g/mol. The van der Waals surface area contributed by atoms with E-state index in [2.05, 4.69) is 15.9 Å². The Bertz CT molecular complexity index is 132. The smallest absolute Gasteiger partial charge is 0.00596 e. The van der Waals surface area contributed by atoms with Gasteiger partial charge in [-0.15, -0.1) is 0 Å². The molecule has 0 N–H and O–H groups in total. The fraction of sp³-hybridized carbons (Fsp3) is 1.00. The van der Waals surface area contributed by atoms with E-state index in [1.54, 1.807) is 12.8 Å². The molecule has 0 amide bonds. The van der Waals surface area contributed by atoms with E-state index in [0.717, 1.165) is 17.8 Å². The van der Waals surface area contributed by atoms with Crippen LogP contribution in [0.2, 0.25) is 0 Å². The summed E-state index contributed by atoms with van der Waals surface area (Å²) in [5, 5.41) is 1.24. The van der Waals surface area contributed by atoms with E-state index in [4.69, 9.17) is 0 Å². The van der Waals surface area contributed by atoms with Gasteiger partial charge in [-0.25, -0.2) is 0 Å². The fourth-order valence-electron chi connectivity index (χ4n) is 2.73. The van der Waals surface area contributed by atoms with Gasteiger partial charge >= 0.3 is 0 Å². The molecule has 0 aromatic carbocycles. The highest BCUT2D eigenvalue weighted by molar-refractivity contribution is 9.09. The third-order valence-electron chi connectivity index (χ3n) is 3.93. The number of hydrogen-bond acceptors (Lipinski definition) is 0. The molecule has 70 valence electrons. The molecule has 2 rings (SSSR count). The standard InChI is InChI=1S/C11H19Br/c12-8-9-4-6-11(7-5-9)10-2-1-3-10/h9-11H,1-8H2. The van der Waals surface area contributed by atoms with Crippen LogP contribution >= 0.6 is 15.9 Å². The normalized spacial score (nSPS) is 37.8. The lowest BCUT2D eigenvalue weighted by atomic mass is 9.68. The highest BCUT2D eigenvalue weighted by Gasteiger charge is 2.30. The lowest BCUT2D eigenvalue weighted by Gasteiger charge is -2.38. The Morgan fingerprint density at radius 2 is 1.42 bits per heavy atom. The van der Waals surface area contributed by atoms with Crippen LogP contribution in [0.5, 0.6) is 0 Å². The molecule has 12 heavy (non-hydrogen) atoms. The molecule has 0 unspecified atom stereocenters. The zero-order valence-corrected chi connectivity index (χ0v) is 9.35. The molecule has 0 atom stereocenters. The topological polar surface area (TPSA) is 0 Å². The van der Waals surface area contributed by atoms with Crippen LogP contribution in [0, 0.1) is 17.8 Å². The summed E-state index contributed by atoms with van der Waals surface area (Å²) in [6.07, 6.45) is 10.6. The van der Waals surface area contributed by atoms with Gasteiger partial charge in [0.2, 0.25) is 0 Å². The van der Waals surface area contributed by atoms with Crippen LogP contribution in [0.3, 0.4) is 0 Å². The molecular formula is C11H19Br. The minimum Gasteiger partial charge on any atom is -0.0925 e. The van der Waals surface area contributed by atoms with Crippen molar-refractivity contribution in [1.29, 1.82) is 0 Å². The van der Waals surface area contributed by atoms with Gasteiger partial charge in [-0.1, -0.05) is 35.2 Å². The summed E-state index contributed by atoms with van der Waals surface area (Å²) in [6, 6.07) is 0. The van der Waals surface area contributed by atoms with Gasteiger partial charge in [0, 0.05) is 5.33 Å². The highest BCUT2D eigenvalue weighted by atomic mass is 79.9. The molecule has 2 fully saturated rings. The molecule has 0 heterocycles. The Kier molecular flexibility index (Phi) is 3.11. The number of rotatable bonds is 2. The van der Waals surface area contributed by atoms with Gasteiger partial charge < -0.3 is 0 Å². The second-order valence-corrected chi connectivity index (χ2v) is 5.27. The first-order valence-electron chi connectivity index (χ1n) is 5.46. The summed E-state index contributed by atoms with van der Waals surface area (Å²) in [7, 11) is 0. The van der Waals surface area contributed by atoms with E-state index in [1.165, 1.54) is 37.4 Å². The van der Waals surface area contributed by atoms with Crippen LogP contribution in [0.25, 0.3) is 0 Å². The minimum atomic E-state index is 1.00. The SMILES string of the molecule is BrCC1CCC(C2CCC2)CC1. The molecule has 0 aromatic heterocycles. The van der Waals surface area contributed by atoms with E-state index in [0.29, 0.717) is 0 Å². The lowest BCUT2D eigenvalue weighted by Crippen LogP contribution is -2.26. The molecule has 2 aliphatic rings. The second-order valence-electron chi connectivity index (χ2n) is 4.63. The summed E-state index contributed by atoms with van der Waals surface area (Å²) in [4.78, 5) is 0. The summed E-state index contributed by atoms with van der Waals surface area (Å²) in [5.41, 5.74) is 0. The van der Waals surface area contributed by atoms with Gasteiger partial charge in [-0.05, 0) is 43.4 Å². The van der Waals surface area contributed by atoms with E-state index >= 15 is 0 Å². The Hall–Kier alpha value is 0.480. The van der Waals surface area contributed by atoms with Crippen LogP contribution in [-0.2, 0) is 0 Å². The quantitative estimate of drug-likeness (QED) is 0.630. The highest BCUT2D eigenvalue weighted by Crippen LogP contribution is 2.42. The van der Waals surface area contributed by atoms with Crippen molar-refractivity contribution in [3.63, 3.8) is 0 Å². The van der Waals surface area contributed by atoms with E-state index in [1.807, 2.05) is 0 Å². The monoisotopic (exact) mass is 230 g/mol. The molecule has 0 spiro atoms. The largest absolute Gasteiger partial charge is 0.0925 e. The van der Waals surface area contributed by atoms with Gasteiger partial charge in [0.25, 0.3) is 0 Å². The van der Waals surface area contributed by atoms with Crippen molar-refractivity contribution in [1.82, 2.24) is 0 Å². The average molecular weight is 231 g/mol. The summed E-state index contributed by atoms with van der Waals surface area (Å²) >= 11 is 3.60. The Morgan fingerprint density at radius 3 is 1.83 bits per heavy atom. The van der Waals surface area contributed by atoms with E-state index < -0.39 is 0 Å². The van der Waals surface area contributed by atoms with Crippen LogP contribution < -0.4 is 0 Å². The van der Waals surface area contributed by atoms with Gasteiger partial charge in [-0.3, -0.25) is 0 Å². The summed E-state index contributed by atoms with van der Waals surface area (Å²) in [5.74, 6) is 3.26. The van der Waals surface area contributed by atoms with Crippen molar-refractivity contribution in [3.8, 4) is 0 Å². The van der Waals surface area contributed by atoms with Gasteiger partial charge in [0.1, 0.15) is 0 Å². The number of alkyl halides is 1. The first-order valence-corrected chi connectivity index (χ1v) is 6.58. The fourth-order valence-corrected chi connectivity index (χ4v) is 3.37. The Balaban J connectivity index is 1.74. The third kappa shape index (κ3) is 1.86. The zero-order valence-electron chi connectivity index (χ0n) is 7.77. The van der Waals surface area contributed by atoms with Crippen molar-refractivity contribution in [3.05, 3.63) is 0 Å². The van der Waals surface area contributed by atoms with Crippen LogP contribution in [-0.4, -0.2) is 5.33 Å². The summed E-state index contributed by atoms with van der Waals surface area (Å²) < 4.78 is 0. The third-order valence-corrected chi connectivity index (χ3v) is 4.84. The second kappa shape index (κ2) is 4.13. The average Bonchev–Trinajstić information content (AvgIpc) is 2.03. The number of hydrogen-bond donors (Lipinski definition) is 0. The van der Waals surface area contributed by atoms with Crippen LogP contribution in [0.1, 0.15) is 44.9 Å². The van der Waals surface area contributed by atoms with E-state index in [9.17, 15) is 0 Å². The molecule has 0 saturated heterocycles. The molecule has 2 aliphatic carbocycles. The van der Waals surface area contributed by atoms with Crippen molar-refractivity contribution < 1.29 is 0 Å². The van der Waals surface area contributed by atoms with Crippen molar-refractivity contribution in [2.24, 2.45) is 17.8 Å². The molecule has 0 radical (unpaired) electrons. The van der Waals surface area contributed by atoms with Gasteiger partial charge in [0.05, 0.1) is 0 Å². The lowest BCUT2D eigenvalue weighted by molar-refractivity contribution is 0.144. The first-order chi connectivity index (χ1) is 5.90. The Labute approximate surface area is 84.2 Å². The molecule has 0 bridgehead atoms. The Morgan fingerprint density at radius 1 is 0.833 bits per heavy atom. The molecule has 1 heteroatoms. The molecule has 2 saturated carbocycles. The van der Waals surface area contributed by atoms with Gasteiger partial charge in [-0.2, -0.15) is 0 Å². The maximum Gasteiger partial charge on any atom is 0.00596 e. The first kappa shape index (κ1) is 9.05. The van der Waals surface area contributed by atoms with Crippen LogP contribution in [0.15, 0.2) is 0 Å². The maximum atomic E-state index is 3.60. The molecule has 0 aliphatic heterocycles. The summed E-state index contributed by atoms with van der Waals surface area (Å²) in [6.45, 7) is 0. The van der Waals surface area contributed by atoms with Crippen molar-refractivity contribution >= 4 is 15.9 Å². The predicted molar refractivity (Wildman–Crippen MR) is 56.6 cm³/mol. The van der Waals surface area contributed by atoms with Crippen LogP contribution in [0.4, 0.5) is 0 Å². The number of halogens is 1. The predicted octanol–water partition coefficient (Wildman–Crippen LogP) is 3.99. The van der Waals surface area contributed by atoms with Crippen molar-refractivity contribution in [2.75, 3.05) is 5.33 Å². The zero-order chi connectivity index (χ0) is 8.39. The van der Waals surface area contributed by atoms with Crippen molar-refractivity contribution in [2.45, 2.75) is 44.9 Å². The molecule has 0 nitrogen and oxygen atoms in total.